The van der Waals surface area contributed by atoms with E-state index < -0.39 is 0 Å². The third-order valence-electron chi connectivity index (χ3n) is 4.76. The molecular formula is C18H38N2. The van der Waals surface area contributed by atoms with Crippen molar-refractivity contribution in [2.75, 3.05) is 19.6 Å². The molecule has 0 radical (unpaired) electrons. The summed E-state index contributed by atoms with van der Waals surface area (Å²) in [6.07, 6.45) is 5.34. The molecule has 1 N–H and O–H groups in total. The second kappa shape index (κ2) is 7.26. The second-order valence-corrected chi connectivity index (χ2v) is 8.61. The van der Waals surface area contributed by atoms with E-state index in [1.165, 1.54) is 38.8 Å². The summed E-state index contributed by atoms with van der Waals surface area (Å²) in [6.45, 7) is 20.1. The van der Waals surface area contributed by atoms with Crippen LogP contribution in [0, 0.1) is 11.3 Å². The van der Waals surface area contributed by atoms with Gasteiger partial charge in [-0.15, -0.1) is 0 Å². The Hall–Kier alpha value is -0.0800. The van der Waals surface area contributed by atoms with Gasteiger partial charge in [-0.25, -0.2) is 0 Å². The smallest absolute Gasteiger partial charge is 0.00967 e. The van der Waals surface area contributed by atoms with E-state index >= 15 is 0 Å². The first-order valence-corrected chi connectivity index (χ1v) is 8.64. The third-order valence-corrected chi connectivity index (χ3v) is 4.76. The van der Waals surface area contributed by atoms with Crippen molar-refractivity contribution >= 4 is 0 Å². The molecule has 120 valence electrons. The van der Waals surface area contributed by atoms with Gasteiger partial charge < -0.3 is 10.2 Å². The number of rotatable bonds is 6. The summed E-state index contributed by atoms with van der Waals surface area (Å²) in [5.74, 6) is 0.909. The van der Waals surface area contributed by atoms with Crippen LogP contribution in [0.25, 0.3) is 0 Å². The van der Waals surface area contributed by atoms with Crippen molar-refractivity contribution in [3.05, 3.63) is 0 Å². The highest BCUT2D eigenvalue weighted by Gasteiger charge is 2.31. The molecule has 0 bridgehead atoms. The molecule has 1 heterocycles. The van der Waals surface area contributed by atoms with E-state index in [0.29, 0.717) is 5.41 Å². The van der Waals surface area contributed by atoms with Crippen LogP contribution in [0.4, 0.5) is 0 Å². The predicted molar refractivity (Wildman–Crippen MR) is 90.2 cm³/mol. The second-order valence-electron chi connectivity index (χ2n) is 8.61. The Morgan fingerprint density at radius 2 is 1.80 bits per heavy atom. The minimum Gasteiger partial charge on any atom is -0.311 e. The van der Waals surface area contributed by atoms with Crippen molar-refractivity contribution in [1.29, 1.82) is 0 Å². The van der Waals surface area contributed by atoms with Gasteiger partial charge in [0.15, 0.2) is 0 Å². The first kappa shape index (κ1) is 18.0. The van der Waals surface area contributed by atoms with Gasteiger partial charge in [0.1, 0.15) is 0 Å². The summed E-state index contributed by atoms with van der Waals surface area (Å²) in [5, 5.41) is 3.73. The number of nitrogens with one attached hydrogen (secondary N) is 1. The van der Waals surface area contributed by atoms with E-state index in [0.717, 1.165) is 18.5 Å². The van der Waals surface area contributed by atoms with Crippen LogP contribution in [-0.4, -0.2) is 36.1 Å². The van der Waals surface area contributed by atoms with Crippen molar-refractivity contribution in [2.45, 2.75) is 85.7 Å². The van der Waals surface area contributed by atoms with Gasteiger partial charge >= 0.3 is 0 Å². The van der Waals surface area contributed by atoms with Crippen molar-refractivity contribution in [3.8, 4) is 0 Å². The lowest BCUT2D eigenvalue weighted by Gasteiger charge is -2.43. The van der Waals surface area contributed by atoms with Gasteiger partial charge in [0.2, 0.25) is 0 Å². The van der Waals surface area contributed by atoms with Crippen molar-refractivity contribution in [3.63, 3.8) is 0 Å². The Bertz CT molecular complexity index is 282. The van der Waals surface area contributed by atoms with Crippen LogP contribution in [0.3, 0.4) is 0 Å². The maximum absolute atomic E-state index is 3.73. The molecule has 3 atom stereocenters. The molecule has 2 heteroatoms. The van der Waals surface area contributed by atoms with E-state index in [-0.39, 0.29) is 5.54 Å². The Morgan fingerprint density at radius 1 is 1.15 bits per heavy atom. The Morgan fingerprint density at radius 3 is 2.30 bits per heavy atom. The van der Waals surface area contributed by atoms with Crippen LogP contribution in [0.15, 0.2) is 0 Å². The van der Waals surface area contributed by atoms with Crippen LogP contribution in [0.1, 0.15) is 74.1 Å². The van der Waals surface area contributed by atoms with E-state index in [4.69, 9.17) is 0 Å². The molecule has 0 spiro atoms. The number of likely N-dealkylation sites (tertiary alicyclic amines) is 1. The highest BCUT2D eigenvalue weighted by molar-refractivity contribution is 4.87. The number of nitrogens with zero attached hydrogens (tertiary/aromatic N) is 1. The summed E-state index contributed by atoms with van der Waals surface area (Å²) >= 11 is 0. The van der Waals surface area contributed by atoms with Gasteiger partial charge in [-0.2, -0.15) is 0 Å². The Labute approximate surface area is 127 Å². The van der Waals surface area contributed by atoms with Crippen LogP contribution in [-0.2, 0) is 0 Å². The number of hydrogen-bond acceptors (Lipinski definition) is 2. The lowest BCUT2D eigenvalue weighted by atomic mass is 9.82. The molecule has 0 aliphatic carbocycles. The fourth-order valence-corrected chi connectivity index (χ4v) is 3.49. The first-order chi connectivity index (χ1) is 9.15. The molecule has 1 saturated heterocycles. The van der Waals surface area contributed by atoms with E-state index in [9.17, 15) is 0 Å². The monoisotopic (exact) mass is 282 g/mol. The molecule has 1 aliphatic rings. The third kappa shape index (κ3) is 6.13. The van der Waals surface area contributed by atoms with Crippen molar-refractivity contribution < 1.29 is 0 Å². The van der Waals surface area contributed by atoms with Gasteiger partial charge in [0.25, 0.3) is 0 Å². The molecule has 2 nitrogen and oxygen atoms in total. The molecule has 3 unspecified atom stereocenters. The lowest BCUT2D eigenvalue weighted by Crippen LogP contribution is -2.51. The van der Waals surface area contributed by atoms with Crippen molar-refractivity contribution in [2.24, 2.45) is 11.3 Å². The molecule has 20 heavy (non-hydrogen) atoms. The fraction of sp³-hybridized carbons (Fsp3) is 1.00. The Kier molecular flexibility index (Phi) is 6.53. The molecule has 0 aromatic heterocycles. The summed E-state index contributed by atoms with van der Waals surface area (Å²) < 4.78 is 0. The minimum atomic E-state index is 0.219. The van der Waals surface area contributed by atoms with E-state index in [2.05, 4.69) is 58.7 Å². The standard InChI is InChI=1S/C18H38N2/c1-8-10-18(7,13-19-17(4,5)6)14-20-11-9-15(2)12-16(20)3/h15-16,19H,8-14H2,1-7H3. The molecule has 0 aromatic rings. The van der Waals surface area contributed by atoms with Gasteiger partial charge in [0.05, 0.1) is 0 Å². The SMILES string of the molecule is CCCC(C)(CNC(C)(C)C)CN1CCC(C)CC1C. The molecule has 0 aromatic carbocycles. The lowest BCUT2D eigenvalue weighted by molar-refractivity contribution is 0.0693. The van der Waals surface area contributed by atoms with Gasteiger partial charge in [-0.1, -0.05) is 27.2 Å². The summed E-state index contributed by atoms with van der Waals surface area (Å²) in [5.41, 5.74) is 0.619. The minimum absolute atomic E-state index is 0.219. The van der Waals surface area contributed by atoms with Crippen molar-refractivity contribution in [1.82, 2.24) is 10.2 Å². The summed E-state index contributed by atoms with van der Waals surface area (Å²) in [4.78, 5) is 2.74. The van der Waals surface area contributed by atoms with Gasteiger partial charge in [-0.05, 0) is 64.8 Å². The molecule has 0 amide bonds. The van der Waals surface area contributed by atoms with Gasteiger partial charge in [-0.3, -0.25) is 0 Å². The van der Waals surface area contributed by atoms with E-state index in [1.807, 2.05) is 0 Å². The first-order valence-electron chi connectivity index (χ1n) is 8.64. The number of hydrogen-bond donors (Lipinski definition) is 1. The normalized spacial score (nSPS) is 28.4. The maximum Gasteiger partial charge on any atom is 0.00967 e. The highest BCUT2D eigenvalue weighted by atomic mass is 15.2. The van der Waals surface area contributed by atoms with Crippen LogP contribution >= 0.6 is 0 Å². The Balaban J connectivity index is 2.60. The summed E-state index contributed by atoms with van der Waals surface area (Å²) in [6, 6.07) is 0.754. The van der Waals surface area contributed by atoms with Crippen LogP contribution in [0.2, 0.25) is 0 Å². The zero-order valence-corrected chi connectivity index (χ0v) is 15.1. The van der Waals surface area contributed by atoms with Gasteiger partial charge in [0, 0.05) is 24.7 Å². The molecular weight excluding hydrogens is 244 g/mol. The maximum atomic E-state index is 3.73. The quantitative estimate of drug-likeness (QED) is 0.781. The average Bonchev–Trinajstić information content (AvgIpc) is 2.30. The van der Waals surface area contributed by atoms with E-state index in [1.54, 1.807) is 0 Å². The molecule has 1 fully saturated rings. The highest BCUT2D eigenvalue weighted by Crippen LogP contribution is 2.30. The van der Waals surface area contributed by atoms with Crippen LogP contribution < -0.4 is 5.32 Å². The zero-order valence-electron chi connectivity index (χ0n) is 15.1. The molecule has 1 rings (SSSR count). The average molecular weight is 283 g/mol. The fourth-order valence-electron chi connectivity index (χ4n) is 3.49. The predicted octanol–water partition coefficient (Wildman–Crippen LogP) is 4.30. The molecule has 0 saturated carbocycles. The molecule has 1 aliphatic heterocycles. The number of piperidine rings is 1. The van der Waals surface area contributed by atoms with Crippen LogP contribution in [0.5, 0.6) is 0 Å². The zero-order chi connectivity index (χ0) is 15.4. The largest absolute Gasteiger partial charge is 0.311 e. The topological polar surface area (TPSA) is 15.3 Å². The summed E-state index contributed by atoms with van der Waals surface area (Å²) in [7, 11) is 0.